The second kappa shape index (κ2) is 7.17. The molecule has 0 saturated carbocycles. The molecule has 0 bridgehead atoms. The van der Waals surface area contributed by atoms with Crippen LogP contribution in [-0.4, -0.2) is 22.4 Å². The van der Waals surface area contributed by atoms with Gasteiger partial charge in [0.2, 0.25) is 5.91 Å². The molecule has 20 heavy (non-hydrogen) atoms. The molecule has 0 spiro atoms. The molecule has 0 aromatic carbocycles. The summed E-state index contributed by atoms with van der Waals surface area (Å²) in [5.41, 5.74) is 3.68. The second-order valence-corrected chi connectivity index (χ2v) is 5.23. The SMILES string of the molecule is CC=CCC(=O)NCCc1nc(C)c2c(n1)CCCC2. The van der Waals surface area contributed by atoms with E-state index in [1.165, 1.54) is 24.1 Å². The lowest BCUT2D eigenvalue weighted by Crippen LogP contribution is -2.25. The van der Waals surface area contributed by atoms with E-state index < -0.39 is 0 Å². The van der Waals surface area contributed by atoms with E-state index in [2.05, 4.69) is 22.2 Å². The average Bonchev–Trinajstić information content (AvgIpc) is 2.45. The van der Waals surface area contributed by atoms with Gasteiger partial charge in [0.25, 0.3) is 0 Å². The van der Waals surface area contributed by atoms with Crippen LogP contribution in [0.1, 0.15) is 49.0 Å². The van der Waals surface area contributed by atoms with E-state index in [-0.39, 0.29) is 5.91 Å². The molecule has 4 heteroatoms. The molecule has 1 aromatic rings. The van der Waals surface area contributed by atoms with E-state index in [0.29, 0.717) is 19.4 Å². The van der Waals surface area contributed by atoms with Crippen LogP contribution in [-0.2, 0) is 24.1 Å². The van der Waals surface area contributed by atoms with Crippen molar-refractivity contribution in [1.29, 1.82) is 0 Å². The number of aryl methyl sites for hydroxylation is 2. The number of rotatable bonds is 5. The van der Waals surface area contributed by atoms with Crippen molar-refractivity contribution in [2.45, 2.75) is 52.4 Å². The average molecular weight is 273 g/mol. The highest BCUT2D eigenvalue weighted by atomic mass is 16.1. The molecular formula is C16H23N3O. The molecule has 4 nitrogen and oxygen atoms in total. The maximum Gasteiger partial charge on any atom is 0.223 e. The molecule has 1 aliphatic rings. The van der Waals surface area contributed by atoms with Crippen molar-refractivity contribution in [2.75, 3.05) is 6.54 Å². The van der Waals surface area contributed by atoms with Gasteiger partial charge in [0.1, 0.15) is 5.82 Å². The van der Waals surface area contributed by atoms with Crippen LogP contribution in [0.3, 0.4) is 0 Å². The lowest BCUT2D eigenvalue weighted by Gasteiger charge is -2.17. The number of nitrogens with zero attached hydrogens (tertiary/aromatic N) is 2. The molecule has 0 radical (unpaired) electrons. The highest BCUT2D eigenvalue weighted by Gasteiger charge is 2.15. The molecule has 1 amide bonds. The first-order chi connectivity index (χ1) is 9.70. The van der Waals surface area contributed by atoms with Crippen LogP contribution in [0.15, 0.2) is 12.2 Å². The van der Waals surface area contributed by atoms with Crippen molar-refractivity contribution in [2.24, 2.45) is 0 Å². The van der Waals surface area contributed by atoms with Gasteiger partial charge in [0, 0.05) is 30.8 Å². The fraction of sp³-hybridized carbons (Fsp3) is 0.562. The van der Waals surface area contributed by atoms with Crippen LogP contribution in [0.25, 0.3) is 0 Å². The third-order valence-electron chi connectivity index (χ3n) is 3.65. The number of nitrogens with one attached hydrogen (secondary N) is 1. The molecule has 1 heterocycles. The highest BCUT2D eigenvalue weighted by molar-refractivity contribution is 5.77. The van der Waals surface area contributed by atoms with E-state index >= 15 is 0 Å². The molecule has 0 saturated heterocycles. The summed E-state index contributed by atoms with van der Waals surface area (Å²) in [6.45, 7) is 4.59. The predicted octanol–water partition coefficient (Wildman–Crippen LogP) is 2.29. The molecular weight excluding hydrogens is 250 g/mol. The summed E-state index contributed by atoms with van der Waals surface area (Å²) in [5, 5.41) is 2.90. The molecule has 0 unspecified atom stereocenters. The molecule has 0 aliphatic heterocycles. The van der Waals surface area contributed by atoms with Gasteiger partial charge in [-0.25, -0.2) is 9.97 Å². The summed E-state index contributed by atoms with van der Waals surface area (Å²) in [6.07, 6.45) is 9.54. The molecule has 108 valence electrons. The first-order valence-electron chi connectivity index (χ1n) is 7.44. The third-order valence-corrected chi connectivity index (χ3v) is 3.65. The third kappa shape index (κ3) is 3.89. The lowest BCUT2D eigenvalue weighted by atomic mass is 9.95. The number of amides is 1. The van der Waals surface area contributed by atoms with Crippen LogP contribution in [0.5, 0.6) is 0 Å². The van der Waals surface area contributed by atoms with Gasteiger partial charge in [-0.3, -0.25) is 4.79 Å². The minimum Gasteiger partial charge on any atom is -0.355 e. The summed E-state index contributed by atoms with van der Waals surface area (Å²) in [5.74, 6) is 0.910. The Morgan fingerprint density at radius 3 is 2.90 bits per heavy atom. The number of hydrogen-bond acceptors (Lipinski definition) is 3. The fourth-order valence-electron chi connectivity index (χ4n) is 2.57. The van der Waals surface area contributed by atoms with E-state index in [1.807, 2.05) is 19.1 Å². The van der Waals surface area contributed by atoms with Gasteiger partial charge in [-0.15, -0.1) is 0 Å². The van der Waals surface area contributed by atoms with Gasteiger partial charge in [0.15, 0.2) is 0 Å². The Hall–Kier alpha value is -1.71. The van der Waals surface area contributed by atoms with Crippen molar-refractivity contribution in [3.63, 3.8) is 0 Å². The second-order valence-electron chi connectivity index (χ2n) is 5.23. The summed E-state index contributed by atoms with van der Waals surface area (Å²) < 4.78 is 0. The highest BCUT2D eigenvalue weighted by Crippen LogP contribution is 2.21. The van der Waals surface area contributed by atoms with Crippen LogP contribution in [0.4, 0.5) is 0 Å². The van der Waals surface area contributed by atoms with Gasteiger partial charge in [-0.2, -0.15) is 0 Å². The largest absolute Gasteiger partial charge is 0.355 e. The van der Waals surface area contributed by atoms with Gasteiger partial charge in [-0.1, -0.05) is 12.2 Å². The van der Waals surface area contributed by atoms with Crippen LogP contribution >= 0.6 is 0 Å². The van der Waals surface area contributed by atoms with Crippen LogP contribution < -0.4 is 5.32 Å². The Kier molecular flexibility index (Phi) is 5.27. The Bertz CT molecular complexity index is 509. The number of hydrogen-bond donors (Lipinski definition) is 1. The maximum absolute atomic E-state index is 11.5. The minimum atomic E-state index is 0.0535. The molecule has 1 N–H and O–H groups in total. The van der Waals surface area contributed by atoms with E-state index in [0.717, 1.165) is 24.4 Å². The van der Waals surface area contributed by atoms with Crippen LogP contribution in [0, 0.1) is 6.92 Å². The number of aromatic nitrogens is 2. The standard InChI is InChI=1S/C16H23N3O/c1-3-4-9-16(20)17-11-10-15-18-12(2)13-7-5-6-8-14(13)19-15/h3-4H,5-11H2,1-2H3,(H,17,20). The summed E-state index contributed by atoms with van der Waals surface area (Å²) in [6, 6.07) is 0. The van der Waals surface area contributed by atoms with Crippen molar-refractivity contribution < 1.29 is 4.79 Å². The van der Waals surface area contributed by atoms with E-state index in [9.17, 15) is 4.79 Å². The summed E-state index contributed by atoms with van der Waals surface area (Å²) in [4.78, 5) is 20.7. The summed E-state index contributed by atoms with van der Waals surface area (Å²) in [7, 11) is 0. The van der Waals surface area contributed by atoms with Crippen molar-refractivity contribution in [3.8, 4) is 0 Å². The number of carbonyl (C=O) groups excluding carboxylic acids is 1. The Morgan fingerprint density at radius 2 is 2.10 bits per heavy atom. The zero-order valence-electron chi connectivity index (χ0n) is 12.4. The van der Waals surface area contributed by atoms with Crippen molar-refractivity contribution >= 4 is 5.91 Å². The minimum absolute atomic E-state index is 0.0535. The zero-order chi connectivity index (χ0) is 14.4. The monoisotopic (exact) mass is 273 g/mol. The Labute approximate surface area is 120 Å². The van der Waals surface area contributed by atoms with Gasteiger partial charge in [0.05, 0.1) is 0 Å². The molecule has 0 fully saturated rings. The van der Waals surface area contributed by atoms with Gasteiger partial charge in [-0.05, 0) is 45.1 Å². The Balaban J connectivity index is 1.90. The predicted molar refractivity (Wildman–Crippen MR) is 79.6 cm³/mol. The van der Waals surface area contributed by atoms with Crippen molar-refractivity contribution in [1.82, 2.24) is 15.3 Å². The summed E-state index contributed by atoms with van der Waals surface area (Å²) >= 11 is 0. The smallest absolute Gasteiger partial charge is 0.223 e. The van der Waals surface area contributed by atoms with E-state index in [4.69, 9.17) is 0 Å². The molecule has 2 rings (SSSR count). The number of fused-ring (bicyclic) bond motifs is 1. The maximum atomic E-state index is 11.5. The topological polar surface area (TPSA) is 54.9 Å². The first-order valence-corrected chi connectivity index (χ1v) is 7.44. The fourth-order valence-corrected chi connectivity index (χ4v) is 2.57. The zero-order valence-corrected chi connectivity index (χ0v) is 12.4. The molecule has 0 atom stereocenters. The van der Waals surface area contributed by atoms with Crippen LogP contribution in [0.2, 0.25) is 0 Å². The number of allylic oxidation sites excluding steroid dienone is 1. The number of carbonyl (C=O) groups is 1. The van der Waals surface area contributed by atoms with Gasteiger partial charge >= 0.3 is 0 Å². The lowest BCUT2D eigenvalue weighted by molar-refractivity contribution is -0.120. The molecule has 1 aromatic heterocycles. The quantitative estimate of drug-likeness (QED) is 0.837. The van der Waals surface area contributed by atoms with Gasteiger partial charge < -0.3 is 5.32 Å². The Morgan fingerprint density at radius 1 is 1.30 bits per heavy atom. The van der Waals surface area contributed by atoms with Crippen molar-refractivity contribution in [3.05, 3.63) is 34.9 Å². The molecule has 1 aliphatic carbocycles. The normalized spacial score (nSPS) is 14.3. The van der Waals surface area contributed by atoms with E-state index in [1.54, 1.807) is 0 Å². The first kappa shape index (κ1) is 14.7.